The highest BCUT2D eigenvalue weighted by Crippen LogP contribution is 2.49. The van der Waals surface area contributed by atoms with E-state index in [0.29, 0.717) is 33.5 Å². The highest BCUT2D eigenvalue weighted by atomic mass is 32.1. The molecular weight excluding hydrogens is 472 g/mol. The number of ether oxygens (including phenoxy) is 2. The lowest BCUT2D eigenvalue weighted by atomic mass is 9.96. The molecule has 0 fully saturated rings. The lowest BCUT2D eigenvalue weighted by Crippen LogP contribution is -2.29. The third-order valence-corrected chi connectivity index (χ3v) is 7.37. The van der Waals surface area contributed by atoms with Crippen molar-refractivity contribution in [3.8, 4) is 33.2 Å². The van der Waals surface area contributed by atoms with Crippen molar-refractivity contribution in [2.75, 3.05) is 12.0 Å². The Balaban J connectivity index is 1.57. The highest BCUT2D eigenvalue weighted by molar-refractivity contribution is 7.20. The van der Waals surface area contributed by atoms with Gasteiger partial charge in [0.15, 0.2) is 0 Å². The number of rotatable bonds is 4. The molecule has 0 saturated carbocycles. The highest BCUT2D eigenvalue weighted by Gasteiger charge is 2.39. The molecule has 3 heterocycles. The van der Waals surface area contributed by atoms with Gasteiger partial charge in [0.2, 0.25) is 5.13 Å². The Morgan fingerprint density at radius 1 is 0.889 bits per heavy atom. The van der Waals surface area contributed by atoms with Crippen LogP contribution in [0.4, 0.5) is 5.13 Å². The molecule has 2 amide bonds. The van der Waals surface area contributed by atoms with E-state index in [1.165, 1.54) is 16.2 Å². The molecule has 0 N–H and O–H groups in total. The number of thiazole rings is 1. The molecule has 2 aliphatic rings. The molecule has 0 radical (unpaired) electrons. The summed E-state index contributed by atoms with van der Waals surface area (Å²) in [5, 5.41) is 0.324. The summed E-state index contributed by atoms with van der Waals surface area (Å²) >= 11 is 1.31. The van der Waals surface area contributed by atoms with Gasteiger partial charge in [-0.15, -0.1) is 0 Å². The lowest BCUT2D eigenvalue weighted by molar-refractivity contribution is 0.0926. The minimum absolute atomic E-state index is 0.324. The van der Waals surface area contributed by atoms with Crippen molar-refractivity contribution < 1.29 is 19.1 Å². The van der Waals surface area contributed by atoms with E-state index in [4.69, 9.17) is 14.5 Å². The Kier molecular flexibility index (Phi) is 5.05. The maximum Gasteiger partial charge on any atom is 0.268 e. The minimum atomic E-state index is -0.525. The summed E-state index contributed by atoms with van der Waals surface area (Å²) in [4.78, 5) is 33.4. The molecular formula is C29H22N2O4S. The first-order valence-electron chi connectivity index (χ1n) is 11.5. The fraction of sp³-hybridized carbons (Fsp3) is 0.138. The van der Waals surface area contributed by atoms with Gasteiger partial charge in [-0.1, -0.05) is 53.8 Å². The van der Waals surface area contributed by atoms with E-state index in [9.17, 15) is 9.59 Å². The summed E-state index contributed by atoms with van der Waals surface area (Å²) in [7, 11) is 1.63. The van der Waals surface area contributed by atoms with Crippen LogP contribution in [-0.4, -0.2) is 29.5 Å². The van der Waals surface area contributed by atoms with Crippen LogP contribution in [0.5, 0.6) is 11.5 Å². The van der Waals surface area contributed by atoms with Crippen LogP contribution >= 0.6 is 11.3 Å². The Labute approximate surface area is 212 Å². The smallest absolute Gasteiger partial charge is 0.268 e. The summed E-state index contributed by atoms with van der Waals surface area (Å²) < 4.78 is 12.0. The molecule has 0 unspecified atom stereocenters. The molecule has 1 aromatic heterocycles. The first kappa shape index (κ1) is 22.2. The molecule has 0 aliphatic carbocycles. The molecule has 178 valence electrons. The van der Waals surface area contributed by atoms with Gasteiger partial charge in [-0.2, -0.15) is 0 Å². The van der Waals surface area contributed by atoms with Crippen LogP contribution in [0.3, 0.4) is 0 Å². The zero-order chi connectivity index (χ0) is 25.0. The fourth-order valence-electron chi connectivity index (χ4n) is 4.53. The van der Waals surface area contributed by atoms with E-state index in [1.54, 1.807) is 31.4 Å². The van der Waals surface area contributed by atoms with Gasteiger partial charge in [-0.05, 0) is 55.8 Å². The van der Waals surface area contributed by atoms with E-state index in [0.717, 1.165) is 21.6 Å². The minimum Gasteiger partial charge on any atom is -0.496 e. The van der Waals surface area contributed by atoms with Crippen molar-refractivity contribution in [1.29, 1.82) is 0 Å². The maximum absolute atomic E-state index is 13.2. The quantitative estimate of drug-likeness (QED) is 0.304. The lowest BCUT2D eigenvalue weighted by Gasteiger charge is -2.30. The number of carbonyl (C=O) groups is 2. The van der Waals surface area contributed by atoms with Crippen LogP contribution < -0.4 is 14.4 Å². The fourth-order valence-corrected chi connectivity index (χ4v) is 5.61. The van der Waals surface area contributed by atoms with E-state index in [1.807, 2.05) is 68.5 Å². The molecule has 4 aromatic rings. The number of imide groups is 1. The topological polar surface area (TPSA) is 68.7 Å². The first-order valence-corrected chi connectivity index (χ1v) is 12.3. The normalized spacial score (nSPS) is 15.5. The molecule has 0 saturated heterocycles. The number of hydrogen-bond acceptors (Lipinski definition) is 6. The zero-order valence-electron chi connectivity index (χ0n) is 19.9. The van der Waals surface area contributed by atoms with Crippen LogP contribution in [0.25, 0.3) is 27.8 Å². The summed E-state index contributed by atoms with van der Waals surface area (Å²) in [5.41, 5.74) is 3.41. The molecule has 0 atom stereocenters. The number of anilines is 1. The Morgan fingerprint density at radius 3 is 2.22 bits per heavy atom. The number of methoxy groups -OCH3 is 1. The molecule has 36 heavy (non-hydrogen) atoms. The third kappa shape index (κ3) is 3.43. The largest absolute Gasteiger partial charge is 0.496 e. The van der Waals surface area contributed by atoms with Crippen LogP contribution in [0.15, 0.2) is 72.8 Å². The Hall–Kier alpha value is -4.23. The van der Waals surface area contributed by atoms with Gasteiger partial charge in [-0.25, -0.2) is 9.88 Å². The molecule has 0 spiro atoms. The van der Waals surface area contributed by atoms with Crippen molar-refractivity contribution in [3.05, 3.63) is 89.5 Å². The summed E-state index contributed by atoms with van der Waals surface area (Å²) in [5.74, 6) is 0.607. The number of amides is 2. The SMILES string of the molecule is COc1ccc(-c2nc(N3C(=O)c4ccccc4C3=O)sc2-c2ccccc2)c2c1C=CC(C)(C)O2. The van der Waals surface area contributed by atoms with E-state index in [-0.39, 0.29) is 11.8 Å². The average Bonchev–Trinajstić information content (AvgIpc) is 3.42. The van der Waals surface area contributed by atoms with Gasteiger partial charge in [0, 0.05) is 5.56 Å². The van der Waals surface area contributed by atoms with Crippen LogP contribution in [-0.2, 0) is 0 Å². The number of nitrogens with zero attached hydrogens (tertiary/aromatic N) is 2. The van der Waals surface area contributed by atoms with E-state index < -0.39 is 5.60 Å². The summed E-state index contributed by atoms with van der Waals surface area (Å²) in [6.07, 6.45) is 3.99. The number of fused-ring (bicyclic) bond motifs is 2. The second-order valence-corrected chi connectivity index (χ2v) is 10.1. The third-order valence-electron chi connectivity index (χ3n) is 6.28. The van der Waals surface area contributed by atoms with Crippen molar-refractivity contribution in [2.45, 2.75) is 19.4 Å². The summed E-state index contributed by atoms with van der Waals surface area (Å²) in [6.45, 7) is 3.97. The predicted octanol–water partition coefficient (Wildman–Crippen LogP) is 6.47. The van der Waals surface area contributed by atoms with Gasteiger partial charge in [-0.3, -0.25) is 9.59 Å². The second kappa shape index (κ2) is 8.17. The van der Waals surface area contributed by atoms with Gasteiger partial charge in [0.05, 0.1) is 34.4 Å². The van der Waals surface area contributed by atoms with Crippen molar-refractivity contribution in [1.82, 2.24) is 4.98 Å². The Morgan fingerprint density at radius 2 is 1.56 bits per heavy atom. The number of aromatic nitrogens is 1. The van der Waals surface area contributed by atoms with E-state index >= 15 is 0 Å². The molecule has 7 heteroatoms. The zero-order valence-corrected chi connectivity index (χ0v) is 20.8. The van der Waals surface area contributed by atoms with Crippen molar-refractivity contribution >= 4 is 34.4 Å². The summed E-state index contributed by atoms with van der Waals surface area (Å²) in [6, 6.07) is 20.5. The monoisotopic (exact) mass is 494 g/mol. The van der Waals surface area contributed by atoms with Crippen molar-refractivity contribution in [3.63, 3.8) is 0 Å². The molecule has 6 nitrogen and oxygen atoms in total. The number of benzene rings is 3. The molecule has 2 aliphatic heterocycles. The Bertz CT molecular complexity index is 1530. The molecule has 3 aromatic carbocycles. The van der Waals surface area contributed by atoms with Gasteiger partial charge in [0.25, 0.3) is 11.8 Å². The van der Waals surface area contributed by atoms with Gasteiger partial charge in [0.1, 0.15) is 17.1 Å². The molecule has 6 rings (SSSR count). The molecule has 0 bridgehead atoms. The predicted molar refractivity (Wildman–Crippen MR) is 141 cm³/mol. The van der Waals surface area contributed by atoms with Crippen LogP contribution in [0, 0.1) is 0 Å². The number of carbonyl (C=O) groups excluding carboxylic acids is 2. The second-order valence-electron chi connectivity index (χ2n) is 9.13. The number of hydrogen-bond donors (Lipinski definition) is 0. The standard InChI is InChI=1S/C29H22N2O4S/c1-29(2)16-15-20-22(34-3)14-13-21(24(20)35-29)23-25(17-9-5-4-6-10-17)36-28(30-23)31-26(32)18-11-7-8-12-19(18)27(31)33/h4-16H,1-3H3. The van der Waals surface area contributed by atoms with Gasteiger partial charge >= 0.3 is 0 Å². The van der Waals surface area contributed by atoms with E-state index in [2.05, 4.69) is 0 Å². The maximum atomic E-state index is 13.2. The van der Waals surface area contributed by atoms with Crippen LogP contribution in [0.1, 0.15) is 40.1 Å². The van der Waals surface area contributed by atoms with Crippen molar-refractivity contribution in [2.24, 2.45) is 0 Å². The average molecular weight is 495 g/mol. The van der Waals surface area contributed by atoms with Gasteiger partial charge < -0.3 is 9.47 Å². The van der Waals surface area contributed by atoms with Crippen LogP contribution in [0.2, 0.25) is 0 Å². The first-order chi connectivity index (χ1) is 17.4.